The standard InChI is InChI=1S/C12H15N3O2S/c1-3-6-13-12(18)15-14-8-9-4-5-10(16)11(7-9)17-2/h3-5,7-8,16H,1,6H2,2H3,(H2,13,15,18)/p+1. The van der Waals surface area contributed by atoms with Gasteiger partial charge in [0.05, 0.1) is 7.11 Å². The quantitative estimate of drug-likeness (QED) is 0.250. The third-order valence-corrected chi connectivity index (χ3v) is 2.28. The van der Waals surface area contributed by atoms with Crippen LogP contribution in [0.2, 0.25) is 0 Å². The molecule has 5 nitrogen and oxygen atoms in total. The Morgan fingerprint density at radius 2 is 2.39 bits per heavy atom. The molecule has 0 amide bonds. The third-order valence-electron chi connectivity index (χ3n) is 2.04. The molecule has 0 aliphatic carbocycles. The highest BCUT2D eigenvalue weighted by atomic mass is 32.1. The Balaban J connectivity index is 2.56. The number of ether oxygens (including phenoxy) is 1. The van der Waals surface area contributed by atoms with E-state index in [9.17, 15) is 5.11 Å². The lowest BCUT2D eigenvalue weighted by Gasteiger charge is -2.02. The van der Waals surface area contributed by atoms with E-state index in [4.69, 9.17) is 17.0 Å². The number of rotatable bonds is 5. The fourth-order valence-electron chi connectivity index (χ4n) is 1.18. The summed E-state index contributed by atoms with van der Waals surface area (Å²) in [6.45, 7) is 4.17. The van der Waals surface area contributed by atoms with Gasteiger partial charge in [0.2, 0.25) is 5.11 Å². The number of hydrazine groups is 1. The first-order valence-electron chi connectivity index (χ1n) is 5.28. The highest BCUT2D eigenvalue weighted by Gasteiger charge is 2.02. The third kappa shape index (κ3) is 4.42. The molecule has 1 rings (SSSR count). The number of phenolic OH excluding ortho intramolecular Hbond substituents is 1. The zero-order valence-corrected chi connectivity index (χ0v) is 10.9. The molecule has 1 aromatic rings. The average Bonchev–Trinajstić information content (AvgIpc) is 2.38. The van der Waals surface area contributed by atoms with E-state index in [0.717, 1.165) is 5.56 Å². The number of aromatic hydroxyl groups is 1. The molecule has 0 unspecified atom stereocenters. The van der Waals surface area contributed by atoms with Gasteiger partial charge < -0.3 is 15.2 Å². The van der Waals surface area contributed by atoms with Crippen molar-refractivity contribution in [2.45, 2.75) is 0 Å². The first-order valence-corrected chi connectivity index (χ1v) is 5.68. The largest absolute Gasteiger partial charge is 0.504 e. The van der Waals surface area contributed by atoms with Crippen LogP contribution >= 0.6 is 12.2 Å². The molecule has 0 bridgehead atoms. The molecule has 0 heterocycles. The van der Waals surface area contributed by atoms with Crippen LogP contribution in [0.4, 0.5) is 0 Å². The Labute approximate surface area is 111 Å². The Bertz CT molecular complexity index is 461. The van der Waals surface area contributed by atoms with Crippen LogP contribution in [0, 0.1) is 0 Å². The monoisotopic (exact) mass is 266 g/mol. The van der Waals surface area contributed by atoms with Crippen LogP contribution in [0.5, 0.6) is 11.5 Å². The number of methoxy groups -OCH3 is 1. The van der Waals surface area contributed by atoms with E-state index in [1.165, 1.54) is 7.11 Å². The minimum atomic E-state index is 0.103. The summed E-state index contributed by atoms with van der Waals surface area (Å²) in [7, 11) is 1.50. The van der Waals surface area contributed by atoms with Gasteiger partial charge in [-0.05, 0) is 30.4 Å². The highest BCUT2D eigenvalue weighted by molar-refractivity contribution is 7.80. The van der Waals surface area contributed by atoms with E-state index in [-0.39, 0.29) is 5.75 Å². The van der Waals surface area contributed by atoms with Crippen molar-refractivity contribution in [1.29, 1.82) is 0 Å². The van der Waals surface area contributed by atoms with Gasteiger partial charge in [0.1, 0.15) is 0 Å². The molecule has 18 heavy (non-hydrogen) atoms. The number of hydrogen-bond acceptors (Lipinski definition) is 3. The number of thiocarbonyl (C=S) groups is 1. The van der Waals surface area contributed by atoms with Gasteiger partial charge in [-0.1, -0.05) is 6.08 Å². The highest BCUT2D eigenvalue weighted by Crippen LogP contribution is 2.25. The van der Waals surface area contributed by atoms with Gasteiger partial charge in [0, 0.05) is 12.1 Å². The van der Waals surface area contributed by atoms with Crippen molar-refractivity contribution >= 4 is 23.5 Å². The van der Waals surface area contributed by atoms with E-state index in [0.29, 0.717) is 17.4 Å². The van der Waals surface area contributed by atoms with Crippen LogP contribution in [0.25, 0.3) is 0 Å². The normalized spacial score (nSPS) is 10.1. The van der Waals surface area contributed by atoms with Crippen LogP contribution in [0.1, 0.15) is 5.56 Å². The van der Waals surface area contributed by atoms with Crippen LogP contribution in [-0.4, -0.2) is 30.1 Å². The van der Waals surface area contributed by atoms with Crippen LogP contribution in [0.15, 0.2) is 30.9 Å². The fraction of sp³-hybridized carbons (Fsp3) is 0.167. The molecule has 0 spiro atoms. The minimum absolute atomic E-state index is 0.103. The maximum absolute atomic E-state index is 9.43. The molecule has 0 aliphatic rings. The van der Waals surface area contributed by atoms with E-state index in [2.05, 4.69) is 22.4 Å². The SMILES string of the molecule is C=CCNC(=S)N[NH+]=Cc1ccc(O)c(OC)c1. The summed E-state index contributed by atoms with van der Waals surface area (Å²) >= 11 is 4.99. The molecular formula is C12H16N3O2S+. The van der Waals surface area contributed by atoms with Gasteiger partial charge in [0.25, 0.3) is 0 Å². The van der Waals surface area contributed by atoms with Crippen molar-refractivity contribution in [2.24, 2.45) is 0 Å². The van der Waals surface area contributed by atoms with Gasteiger partial charge in [-0.2, -0.15) is 0 Å². The summed E-state index contributed by atoms with van der Waals surface area (Å²) in [6, 6.07) is 5.00. The molecule has 0 fully saturated rings. The molecular weight excluding hydrogens is 250 g/mol. The second-order valence-electron chi connectivity index (χ2n) is 3.34. The van der Waals surface area contributed by atoms with Crippen molar-refractivity contribution < 1.29 is 14.9 Å². The number of benzene rings is 1. The number of hydrogen-bond donors (Lipinski definition) is 4. The predicted molar refractivity (Wildman–Crippen MR) is 74.7 cm³/mol. The number of hydrazone groups is 1. The molecule has 0 atom stereocenters. The second kappa shape index (κ2) is 7.29. The first kappa shape index (κ1) is 14.0. The van der Waals surface area contributed by atoms with E-state index in [1.54, 1.807) is 30.5 Å². The summed E-state index contributed by atoms with van der Waals surface area (Å²) < 4.78 is 5.00. The Morgan fingerprint density at radius 1 is 1.61 bits per heavy atom. The topological polar surface area (TPSA) is 67.5 Å². The molecule has 96 valence electrons. The molecule has 0 aliphatic heterocycles. The van der Waals surface area contributed by atoms with Crippen LogP contribution < -0.4 is 20.6 Å². The maximum atomic E-state index is 9.43. The van der Waals surface area contributed by atoms with Crippen LogP contribution in [-0.2, 0) is 0 Å². The molecule has 0 radical (unpaired) electrons. The first-order chi connectivity index (χ1) is 8.67. The van der Waals surface area contributed by atoms with E-state index < -0.39 is 0 Å². The molecule has 0 aromatic heterocycles. The summed E-state index contributed by atoms with van der Waals surface area (Å²) in [5.74, 6) is 0.517. The Hall–Kier alpha value is -2.08. The zero-order valence-electron chi connectivity index (χ0n) is 10.1. The summed E-state index contributed by atoms with van der Waals surface area (Å²) in [5, 5.41) is 15.6. The lowest BCUT2D eigenvalue weighted by Crippen LogP contribution is -2.82. The van der Waals surface area contributed by atoms with E-state index in [1.807, 2.05) is 0 Å². The van der Waals surface area contributed by atoms with Gasteiger partial charge >= 0.3 is 0 Å². The van der Waals surface area contributed by atoms with Crippen molar-refractivity contribution in [2.75, 3.05) is 13.7 Å². The Morgan fingerprint density at radius 3 is 3.06 bits per heavy atom. The van der Waals surface area contributed by atoms with Gasteiger partial charge in [-0.25, -0.2) is 0 Å². The second-order valence-corrected chi connectivity index (χ2v) is 3.75. The van der Waals surface area contributed by atoms with Crippen molar-refractivity contribution in [3.63, 3.8) is 0 Å². The molecule has 0 saturated heterocycles. The van der Waals surface area contributed by atoms with Gasteiger partial charge in [0.15, 0.2) is 17.7 Å². The molecule has 1 aromatic carbocycles. The van der Waals surface area contributed by atoms with Gasteiger partial charge in [-0.3, -0.25) is 0 Å². The van der Waals surface area contributed by atoms with Crippen molar-refractivity contribution in [3.05, 3.63) is 36.4 Å². The van der Waals surface area contributed by atoms with Crippen molar-refractivity contribution in [3.8, 4) is 11.5 Å². The van der Waals surface area contributed by atoms with E-state index >= 15 is 0 Å². The lowest BCUT2D eigenvalue weighted by molar-refractivity contribution is -0.500. The summed E-state index contributed by atoms with van der Waals surface area (Å²) in [5.41, 5.74) is 3.62. The zero-order chi connectivity index (χ0) is 13.4. The lowest BCUT2D eigenvalue weighted by atomic mass is 10.2. The Kier molecular flexibility index (Phi) is 5.66. The molecule has 4 N–H and O–H groups in total. The smallest absolute Gasteiger partial charge is 0.224 e. The minimum Gasteiger partial charge on any atom is -0.504 e. The summed E-state index contributed by atoms with van der Waals surface area (Å²) in [6.07, 6.45) is 3.41. The fourth-order valence-corrected chi connectivity index (χ4v) is 1.32. The van der Waals surface area contributed by atoms with Crippen LogP contribution in [0.3, 0.4) is 0 Å². The van der Waals surface area contributed by atoms with Crippen molar-refractivity contribution in [1.82, 2.24) is 10.7 Å². The predicted octanol–water partition coefficient (Wildman–Crippen LogP) is -0.535. The summed E-state index contributed by atoms with van der Waals surface area (Å²) in [4.78, 5) is 0. The molecule has 6 heteroatoms. The van der Waals surface area contributed by atoms with Gasteiger partial charge in [-0.15, -0.1) is 17.1 Å². The number of phenols is 1. The average molecular weight is 266 g/mol. The maximum Gasteiger partial charge on any atom is 0.224 e. The number of nitrogens with one attached hydrogen (secondary N) is 3. The molecule has 0 saturated carbocycles.